The van der Waals surface area contributed by atoms with Gasteiger partial charge in [0.2, 0.25) is 5.89 Å². The summed E-state index contributed by atoms with van der Waals surface area (Å²) in [6, 6.07) is 6.67. The summed E-state index contributed by atoms with van der Waals surface area (Å²) in [5.74, 6) is 1.17. The van der Waals surface area contributed by atoms with Crippen molar-refractivity contribution in [2.45, 2.75) is 20.5 Å². The molecule has 0 fully saturated rings. The Hall–Kier alpha value is -2.37. The van der Waals surface area contributed by atoms with Crippen molar-refractivity contribution in [3.63, 3.8) is 0 Å². The number of aryl methyl sites for hydroxylation is 1. The number of benzene rings is 1. The third-order valence-corrected chi connectivity index (χ3v) is 2.30. The summed E-state index contributed by atoms with van der Waals surface area (Å²) in [4.78, 5) is 11.4. The van der Waals surface area contributed by atoms with Crippen molar-refractivity contribution >= 4 is 5.97 Å². The van der Waals surface area contributed by atoms with Crippen LogP contribution in [0.25, 0.3) is 0 Å². The molecule has 0 bridgehead atoms. The van der Waals surface area contributed by atoms with Crippen LogP contribution in [0, 0.1) is 6.92 Å². The SMILES string of the molecule is CCOC(=O)c1ccc(OCc2nnc(C)o2)cc1. The zero-order valence-electron chi connectivity index (χ0n) is 10.8. The maximum absolute atomic E-state index is 11.4. The Kier molecular flexibility index (Phi) is 4.12. The number of nitrogens with zero attached hydrogens (tertiary/aromatic N) is 2. The van der Waals surface area contributed by atoms with Gasteiger partial charge >= 0.3 is 5.97 Å². The van der Waals surface area contributed by atoms with Crippen LogP contribution in [0.5, 0.6) is 5.75 Å². The van der Waals surface area contributed by atoms with E-state index in [1.807, 2.05) is 0 Å². The maximum atomic E-state index is 11.4. The van der Waals surface area contributed by atoms with E-state index in [0.29, 0.717) is 29.7 Å². The first kappa shape index (κ1) is 13.1. The van der Waals surface area contributed by atoms with E-state index in [9.17, 15) is 4.79 Å². The van der Waals surface area contributed by atoms with Gasteiger partial charge in [0.05, 0.1) is 12.2 Å². The number of ether oxygens (including phenoxy) is 2. The average Bonchev–Trinajstić information content (AvgIpc) is 2.83. The van der Waals surface area contributed by atoms with Crippen molar-refractivity contribution in [3.8, 4) is 5.75 Å². The molecule has 0 aliphatic heterocycles. The zero-order valence-corrected chi connectivity index (χ0v) is 10.8. The van der Waals surface area contributed by atoms with E-state index < -0.39 is 0 Å². The molecule has 0 amide bonds. The Morgan fingerprint density at radius 2 is 2.00 bits per heavy atom. The molecule has 2 rings (SSSR count). The van der Waals surface area contributed by atoms with Gasteiger partial charge in [-0.3, -0.25) is 0 Å². The third-order valence-electron chi connectivity index (χ3n) is 2.30. The fourth-order valence-corrected chi connectivity index (χ4v) is 1.44. The highest BCUT2D eigenvalue weighted by Crippen LogP contribution is 2.14. The largest absolute Gasteiger partial charge is 0.484 e. The van der Waals surface area contributed by atoms with E-state index in [0.717, 1.165) is 0 Å². The van der Waals surface area contributed by atoms with Crippen LogP contribution in [0.1, 0.15) is 29.1 Å². The Morgan fingerprint density at radius 1 is 1.26 bits per heavy atom. The summed E-state index contributed by atoms with van der Waals surface area (Å²) in [6.07, 6.45) is 0. The highest BCUT2D eigenvalue weighted by atomic mass is 16.5. The summed E-state index contributed by atoms with van der Waals surface area (Å²) >= 11 is 0. The molecule has 2 aromatic rings. The molecular weight excluding hydrogens is 248 g/mol. The molecule has 1 aromatic carbocycles. The van der Waals surface area contributed by atoms with E-state index in [2.05, 4.69) is 10.2 Å². The van der Waals surface area contributed by atoms with Gasteiger partial charge < -0.3 is 13.9 Å². The molecule has 100 valence electrons. The number of aromatic nitrogens is 2. The van der Waals surface area contributed by atoms with Crippen LogP contribution in [0.2, 0.25) is 0 Å². The summed E-state index contributed by atoms with van der Waals surface area (Å²) in [7, 11) is 0. The first-order chi connectivity index (χ1) is 9.19. The predicted octanol–water partition coefficient (Wildman–Crippen LogP) is 2.13. The molecule has 1 aromatic heterocycles. The van der Waals surface area contributed by atoms with Crippen molar-refractivity contribution in [2.24, 2.45) is 0 Å². The second-order valence-electron chi connectivity index (χ2n) is 3.75. The van der Waals surface area contributed by atoms with Gasteiger partial charge in [-0.2, -0.15) is 0 Å². The Balaban J connectivity index is 1.93. The van der Waals surface area contributed by atoms with Gasteiger partial charge in [0.1, 0.15) is 5.75 Å². The van der Waals surface area contributed by atoms with Crippen LogP contribution in [0.3, 0.4) is 0 Å². The Bertz CT molecular complexity index is 548. The molecule has 0 aliphatic carbocycles. The molecule has 0 aliphatic rings. The molecule has 0 saturated heterocycles. The Labute approximate surface area is 110 Å². The lowest BCUT2D eigenvalue weighted by Gasteiger charge is -2.05. The van der Waals surface area contributed by atoms with Crippen LogP contribution >= 0.6 is 0 Å². The zero-order chi connectivity index (χ0) is 13.7. The van der Waals surface area contributed by atoms with E-state index in [4.69, 9.17) is 13.9 Å². The monoisotopic (exact) mass is 262 g/mol. The van der Waals surface area contributed by atoms with Crippen molar-refractivity contribution in [1.82, 2.24) is 10.2 Å². The number of esters is 1. The molecule has 0 atom stereocenters. The number of carbonyl (C=O) groups excluding carboxylic acids is 1. The minimum atomic E-state index is -0.346. The molecule has 0 N–H and O–H groups in total. The van der Waals surface area contributed by atoms with Crippen LogP contribution in [-0.4, -0.2) is 22.8 Å². The van der Waals surface area contributed by atoms with Crippen LogP contribution < -0.4 is 4.74 Å². The van der Waals surface area contributed by atoms with Crippen LogP contribution in [0.15, 0.2) is 28.7 Å². The van der Waals surface area contributed by atoms with Gasteiger partial charge in [-0.1, -0.05) is 0 Å². The lowest BCUT2D eigenvalue weighted by Crippen LogP contribution is -2.04. The molecule has 0 spiro atoms. The minimum Gasteiger partial charge on any atom is -0.484 e. The lowest BCUT2D eigenvalue weighted by molar-refractivity contribution is 0.0526. The summed E-state index contributed by atoms with van der Waals surface area (Å²) in [5.41, 5.74) is 0.489. The number of rotatable bonds is 5. The summed E-state index contributed by atoms with van der Waals surface area (Å²) < 4.78 is 15.5. The standard InChI is InChI=1S/C13H14N2O4/c1-3-17-13(16)10-4-6-11(7-5-10)18-8-12-15-14-9(2)19-12/h4-7H,3,8H2,1-2H3. The summed E-state index contributed by atoms with van der Waals surface area (Å²) in [6.45, 7) is 4.03. The van der Waals surface area contributed by atoms with E-state index in [-0.39, 0.29) is 12.6 Å². The average molecular weight is 262 g/mol. The van der Waals surface area contributed by atoms with E-state index in [1.165, 1.54) is 0 Å². The van der Waals surface area contributed by atoms with Crippen molar-refractivity contribution in [1.29, 1.82) is 0 Å². The number of carbonyl (C=O) groups is 1. The van der Waals surface area contributed by atoms with Gasteiger partial charge in [0, 0.05) is 6.92 Å². The first-order valence-electron chi connectivity index (χ1n) is 5.88. The van der Waals surface area contributed by atoms with Gasteiger partial charge in [-0.25, -0.2) is 4.79 Å². The van der Waals surface area contributed by atoms with Crippen molar-refractivity contribution in [2.75, 3.05) is 6.61 Å². The fourth-order valence-electron chi connectivity index (χ4n) is 1.44. The van der Waals surface area contributed by atoms with Gasteiger partial charge in [0.15, 0.2) is 6.61 Å². The molecule has 6 heteroatoms. The number of hydrogen-bond donors (Lipinski definition) is 0. The highest BCUT2D eigenvalue weighted by Gasteiger charge is 2.07. The molecular formula is C13H14N2O4. The summed E-state index contributed by atoms with van der Waals surface area (Å²) in [5, 5.41) is 7.51. The topological polar surface area (TPSA) is 74.5 Å². The lowest BCUT2D eigenvalue weighted by atomic mass is 10.2. The maximum Gasteiger partial charge on any atom is 0.338 e. The third kappa shape index (κ3) is 3.54. The highest BCUT2D eigenvalue weighted by molar-refractivity contribution is 5.89. The van der Waals surface area contributed by atoms with Gasteiger partial charge in [-0.15, -0.1) is 10.2 Å². The van der Waals surface area contributed by atoms with E-state index in [1.54, 1.807) is 38.1 Å². The molecule has 19 heavy (non-hydrogen) atoms. The minimum absolute atomic E-state index is 0.194. The molecule has 6 nitrogen and oxygen atoms in total. The second kappa shape index (κ2) is 5.99. The molecule has 1 heterocycles. The van der Waals surface area contributed by atoms with Crippen LogP contribution in [0.4, 0.5) is 0 Å². The first-order valence-corrected chi connectivity index (χ1v) is 5.88. The second-order valence-corrected chi connectivity index (χ2v) is 3.75. The smallest absolute Gasteiger partial charge is 0.338 e. The molecule has 0 unspecified atom stereocenters. The van der Waals surface area contributed by atoms with Crippen molar-refractivity contribution < 1.29 is 18.7 Å². The van der Waals surface area contributed by atoms with E-state index >= 15 is 0 Å². The van der Waals surface area contributed by atoms with Gasteiger partial charge in [0.25, 0.3) is 5.89 Å². The quantitative estimate of drug-likeness (QED) is 0.768. The van der Waals surface area contributed by atoms with Crippen LogP contribution in [-0.2, 0) is 11.3 Å². The molecule has 0 saturated carbocycles. The number of hydrogen-bond acceptors (Lipinski definition) is 6. The Morgan fingerprint density at radius 3 is 2.58 bits per heavy atom. The van der Waals surface area contributed by atoms with Gasteiger partial charge in [-0.05, 0) is 31.2 Å². The fraction of sp³-hybridized carbons (Fsp3) is 0.308. The molecule has 0 radical (unpaired) electrons. The normalized spacial score (nSPS) is 10.2. The van der Waals surface area contributed by atoms with Crippen molar-refractivity contribution in [3.05, 3.63) is 41.6 Å². The predicted molar refractivity (Wildman–Crippen MR) is 65.8 cm³/mol.